The lowest BCUT2D eigenvalue weighted by Crippen LogP contribution is -2.04. The maximum Gasteiger partial charge on any atom is 0.188 e. The fraction of sp³-hybridized carbons (Fsp3) is 0.417. The Morgan fingerprint density at radius 2 is 2.13 bits per heavy atom. The second kappa shape index (κ2) is 5.38. The van der Waals surface area contributed by atoms with Gasteiger partial charge in [0.15, 0.2) is 6.79 Å². The number of hydrogen-bond acceptors (Lipinski definition) is 3. The third kappa shape index (κ3) is 2.71. The summed E-state index contributed by atoms with van der Waals surface area (Å²) in [6, 6.07) is 7.70. The van der Waals surface area contributed by atoms with E-state index in [9.17, 15) is 0 Å². The molecule has 0 aliphatic carbocycles. The third-order valence-corrected chi connectivity index (χ3v) is 2.11. The Labute approximate surface area is 90.2 Å². The summed E-state index contributed by atoms with van der Waals surface area (Å²) >= 11 is 0. The molecule has 80 valence electrons. The Kier molecular flexibility index (Phi) is 4.14. The molecule has 0 aliphatic heterocycles. The highest BCUT2D eigenvalue weighted by Crippen LogP contribution is 2.29. The van der Waals surface area contributed by atoms with Crippen molar-refractivity contribution in [3.05, 3.63) is 29.3 Å². The van der Waals surface area contributed by atoms with Crippen molar-refractivity contribution in [3.8, 4) is 11.8 Å². The first-order valence-electron chi connectivity index (χ1n) is 4.85. The summed E-state index contributed by atoms with van der Waals surface area (Å²) in [7, 11) is 1.56. The second-order valence-corrected chi connectivity index (χ2v) is 3.54. The van der Waals surface area contributed by atoms with Crippen molar-refractivity contribution >= 4 is 0 Å². The highest BCUT2D eigenvalue weighted by Gasteiger charge is 2.12. The Morgan fingerprint density at radius 3 is 2.67 bits per heavy atom. The van der Waals surface area contributed by atoms with Crippen LogP contribution in [0.4, 0.5) is 0 Å². The van der Waals surface area contributed by atoms with Gasteiger partial charge in [-0.1, -0.05) is 26.0 Å². The van der Waals surface area contributed by atoms with Crippen LogP contribution in [0.1, 0.15) is 30.9 Å². The summed E-state index contributed by atoms with van der Waals surface area (Å²) < 4.78 is 10.3. The van der Waals surface area contributed by atoms with Gasteiger partial charge >= 0.3 is 0 Å². The van der Waals surface area contributed by atoms with Gasteiger partial charge in [-0.3, -0.25) is 0 Å². The molecule has 0 aromatic heterocycles. The molecule has 0 saturated carbocycles. The minimum Gasteiger partial charge on any atom is -0.466 e. The first kappa shape index (κ1) is 11.5. The van der Waals surface area contributed by atoms with Gasteiger partial charge < -0.3 is 9.47 Å². The lowest BCUT2D eigenvalue weighted by atomic mass is 9.99. The maximum atomic E-state index is 8.95. The predicted molar refractivity (Wildman–Crippen MR) is 57.8 cm³/mol. The Morgan fingerprint density at radius 1 is 1.40 bits per heavy atom. The normalized spacial score (nSPS) is 10.1. The zero-order valence-corrected chi connectivity index (χ0v) is 9.28. The maximum absolute atomic E-state index is 8.95. The minimum absolute atomic E-state index is 0.165. The first-order chi connectivity index (χ1) is 7.20. The fourth-order valence-corrected chi connectivity index (χ4v) is 1.38. The summed E-state index contributed by atoms with van der Waals surface area (Å²) in [5, 5.41) is 8.95. The van der Waals surface area contributed by atoms with E-state index >= 15 is 0 Å². The highest BCUT2D eigenvalue weighted by molar-refractivity contribution is 5.49. The van der Waals surface area contributed by atoms with Crippen LogP contribution in [0, 0.1) is 11.3 Å². The molecular weight excluding hydrogens is 190 g/mol. The predicted octanol–water partition coefficient (Wildman–Crippen LogP) is 2.66. The monoisotopic (exact) mass is 205 g/mol. The van der Waals surface area contributed by atoms with E-state index in [0.29, 0.717) is 17.2 Å². The number of para-hydroxylation sites is 1. The quantitative estimate of drug-likeness (QED) is 0.710. The SMILES string of the molecule is COCOc1c(C#N)cccc1C(C)C. The molecular formula is C12H15NO2. The summed E-state index contributed by atoms with van der Waals surface area (Å²) in [5.41, 5.74) is 1.59. The minimum atomic E-state index is 0.165. The summed E-state index contributed by atoms with van der Waals surface area (Å²) in [5.74, 6) is 0.960. The third-order valence-electron chi connectivity index (χ3n) is 2.11. The van der Waals surface area contributed by atoms with Crippen LogP contribution >= 0.6 is 0 Å². The number of methoxy groups -OCH3 is 1. The van der Waals surface area contributed by atoms with Gasteiger partial charge in [-0.15, -0.1) is 0 Å². The van der Waals surface area contributed by atoms with E-state index in [4.69, 9.17) is 14.7 Å². The van der Waals surface area contributed by atoms with E-state index in [1.807, 2.05) is 12.1 Å². The molecule has 0 heterocycles. The second-order valence-electron chi connectivity index (χ2n) is 3.54. The van der Waals surface area contributed by atoms with E-state index in [-0.39, 0.29) is 6.79 Å². The van der Waals surface area contributed by atoms with Crippen LogP contribution in [0.15, 0.2) is 18.2 Å². The van der Waals surface area contributed by atoms with E-state index in [1.54, 1.807) is 13.2 Å². The van der Waals surface area contributed by atoms with Crippen molar-refractivity contribution in [2.45, 2.75) is 19.8 Å². The number of nitrogens with zero attached hydrogens (tertiary/aromatic N) is 1. The molecule has 0 N–H and O–H groups in total. The van der Waals surface area contributed by atoms with E-state index in [1.165, 1.54) is 0 Å². The number of benzene rings is 1. The lowest BCUT2D eigenvalue weighted by Gasteiger charge is -2.14. The smallest absolute Gasteiger partial charge is 0.188 e. The molecule has 0 amide bonds. The van der Waals surface area contributed by atoms with Crippen molar-refractivity contribution in [2.24, 2.45) is 0 Å². The van der Waals surface area contributed by atoms with Crippen LogP contribution in [0.2, 0.25) is 0 Å². The van der Waals surface area contributed by atoms with Crippen molar-refractivity contribution < 1.29 is 9.47 Å². The zero-order valence-electron chi connectivity index (χ0n) is 9.28. The average Bonchev–Trinajstić information content (AvgIpc) is 2.25. The van der Waals surface area contributed by atoms with Crippen LogP contribution in [-0.4, -0.2) is 13.9 Å². The molecule has 0 atom stereocenters. The van der Waals surface area contributed by atoms with Gasteiger partial charge in [-0.2, -0.15) is 5.26 Å². The topological polar surface area (TPSA) is 42.2 Å². The van der Waals surface area contributed by atoms with Crippen LogP contribution in [0.5, 0.6) is 5.75 Å². The molecule has 15 heavy (non-hydrogen) atoms. The molecule has 1 aromatic rings. The van der Waals surface area contributed by atoms with Crippen LogP contribution in [0.25, 0.3) is 0 Å². The van der Waals surface area contributed by atoms with E-state index in [2.05, 4.69) is 19.9 Å². The molecule has 0 saturated heterocycles. The first-order valence-corrected chi connectivity index (χ1v) is 4.85. The Balaban J connectivity index is 3.10. The standard InChI is InChI=1S/C12H15NO2/c1-9(2)11-6-4-5-10(7-13)12(11)15-8-14-3/h4-6,9H,8H2,1-3H3. The molecule has 0 fully saturated rings. The average molecular weight is 205 g/mol. The summed E-state index contributed by atoms with van der Waals surface area (Å²) in [4.78, 5) is 0. The van der Waals surface area contributed by atoms with Gasteiger partial charge in [0.1, 0.15) is 11.8 Å². The molecule has 3 nitrogen and oxygen atoms in total. The molecule has 1 aromatic carbocycles. The van der Waals surface area contributed by atoms with Crippen molar-refractivity contribution in [1.82, 2.24) is 0 Å². The summed E-state index contributed by atoms with van der Waals surface area (Å²) in [6.45, 7) is 4.30. The van der Waals surface area contributed by atoms with Gasteiger partial charge in [-0.05, 0) is 17.5 Å². The van der Waals surface area contributed by atoms with Crippen molar-refractivity contribution in [2.75, 3.05) is 13.9 Å². The number of nitriles is 1. The number of hydrogen-bond donors (Lipinski definition) is 0. The van der Waals surface area contributed by atoms with Crippen LogP contribution < -0.4 is 4.74 Å². The fourth-order valence-electron chi connectivity index (χ4n) is 1.38. The molecule has 0 spiro atoms. The van der Waals surface area contributed by atoms with E-state index in [0.717, 1.165) is 5.56 Å². The summed E-state index contributed by atoms with van der Waals surface area (Å²) in [6.07, 6.45) is 0. The Bertz CT molecular complexity index is 366. The Hall–Kier alpha value is -1.53. The molecule has 0 unspecified atom stereocenters. The van der Waals surface area contributed by atoms with Gasteiger partial charge in [0, 0.05) is 7.11 Å². The van der Waals surface area contributed by atoms with Crippen molar-refractivity contribution in [3.63, 3.8) is 0 Å². The van der Waals surface area contributed by atoms with Crippen molar-refractivity contribution in [1.29, 1.82) is 5.26 Å². The lowest BCUT2D eigenvalue weighted by molar-refractivity contribution is 0.0500. The molecule has 0 bridgehead atoms. The number of rotatable bonds is 4. The van der Waals surface area contributed by atoms with Gasteiger partial charge in [-0.25, -0.2) is 0 Å². The van der Waals surface area contributed by atoms with Gasteiger partial charge in [0.05, 0.1) is 5.56 Å². The molecule has 0 aliphatic rings. The van der Waals surface area contributed by atoms with E-state index < -0.39 is 0 Å². The zero-order chi connectivity index (χ0) is 11.3. The molecule has 0 radical (unpaired) electrons. The van der Waals surface area contributed by atoms with Crippen LogP contribution in [-0.2, 0) is 4.74 Å². The molecule has 1 rings (SSSR count). The number of ether oxygens (including phenoxy) is 2. The van der Waals surface area contributed by atoms with Gasteiger partial charge in [0.2, 0.25) is 0 Å². The van der Waals surface area contributed by atoms with Gasteiger partial charge in [0.25, 0.3) is 0 Å². The highest BCUT2D eigenvalue weighted by atomic mass is 16.7. The largest absolute Gasteiger partial charge is 0.466 e. The molecule has 3 heteroatoms. The van der Waals surface area contributed by atoms with Crippen LogP contribution in [0.3, 0.4) is 0 Å².